The number of nitrogens with zero attached hydrogens (tertiary/aromatic N) is 5. The number of fused-ring (bicyclic) bond motifs is 1. The fraction of sp³-hybridized carbons (Fsp3) is 0.414. The van der Waals surface area contributed by atoms with E-state index in [1.165, 1.54) is 0 Å². The number of carbonyl (C=O) groups is 1. The minimum Gasteiger partial charge on any atom is -0.360 e. The first-order chi connectivity index (χ1) is 19.3. The van der Waals surface area contributed by atoms with E-state index in [0.717, 1.165) is 35.3 Å². The molecular formula is C29H30F2N8O. The molecule has 6 rings (SSSR count). The minimum atomic E-state index is -2.63. The number of amides is 1. The smallest absolute Gasteiger partial charge is 0.274 e. The maximum absolute atomic E-state index is 13.7. The summed E-state index contributed by atoms with van der Waals surface area (Å²) in [6.45, 7) is 0.347. The summed E-state index contributed by atoms with van der Waals surface area (Å²) < 4.78 is 29.2. The molecule has 1 amide bonds. The largest absolute Gasteiger partial charge is 0.360 e. The van der Waals surface area contributed by atoms with E-state index in [9.17, 15) is 18.8 Å². The second-order valence-electron chi connectivity index (χ2n) is 11.1. The highest BCUT2D eigenvalue weighted by atomic mass is 19.3. The van der Waals surface area contributed by atoms with Crippen molar-refractivity contribution in [3.63, 3.8) is 0 Å². The van der Waals surface area contributed by atoms with Gasteiger partial charge in [-0.2, -0.15) is 5.26 Å². The predicted octanol–water partition coefficient (Wildman–Crippen LogP) is 4.83. The molecule has 40 heavy (non-hydrogen) atoms. The lowest BCUT2D eigenvalue weighted by Gasteiger charge is -2.46. The molecule has 0 spiro atoms. The van der Waals surface area contributed by atoms with E-state index < -0.39 is 5.92 Å². The Balaban J connectivity index is 1.23. The summed E-state index contributed by atoms with van der Waals surface area (Å²) in [6.07, 6.45) is 5.60. The average molecular weight is 545 g/mol. The molecule has 0 bridgehead atoms. The number of benzene rings is 1. The lowest BCUT2D eigenvalue weighted by atomic mass is 9.57. The zero-order valence-corrected chi connectivity index (χ0v) is 22.1. The molecule has 0 radical (unpaired) electrons. The van der Waals surface area contributed by atoms with E-state index in [1.54, 1.807) is 24.7 Å². The zero-order valence-electron chi connectivity index (χ0n) is 22.1. The monoisotopic (exact) mass is 544 g/mol. The van der Waals surface area contributed by atoms with Crippen LogP contribution in [0.2, 0.25) is 0 Å². The first-order valence-electron chi connectivity index (χ1n) is 13.5. The SMILES string of the molecule is Cn1cnnc1C1(c2cccc(NC(=O)c3cc(CN[C@@H]4CCC(F)(F)C4)c4[nH]ccc4n3)c2)CC(CC#N)C1. The van der Waals surface area contributed by atoms with Crippen LogP contribution in [0.4, 0.5) is 14.5 Å². The van der Waals surface area contributed by atoms with Crippen LogP contribution < -0.4 is 10.6 Å². The number of hydrogen-bond acceptors (Lipinski definition) is 6. The summed E-state index contributed by atoms with van der Waals surface area (Å²) in [6, 6.07) is 13.2. The highest BCUT2D eigenvalue weighted by molar-refractivity contribution is 6.04. The second-order valence-corrected chi connectivity index (χ2v) is 11.1. The number of aryl methyl sites for hydroxylation is 1. The molecule has 0 aliphatic heterocycles. The molecule has 11 heteroatoms. The summed E-state index contributed by atoms with van der Waals surface area (Å²) in [5.41, 5.74) is 3.69. The Bertz CT molecular complexity index is 1600. The minimum absolute atomic E-state index is 0.109. The normalized spacial score (nSPS) is 23.6. The molecule has 1 atom stereocenters. The molecule has 4 aromatic rings. The van der Waals surface area contributed by atoms with Gasteiger partial charge in [0, 0.05) is 50.8 Å². The van der Waals surface area contributed by atoms with Crippen molar-refractivity contribution < 1.29 is 13.6 Å². The van der Waals surface area contributed by atoms with Crippen molar-refractivity contribution in [3.8, 4) is 6.07 Å². The Morgan fingerprint density at radius 1 is 1.25 bits per heavy atom. The molecular weight excluding hydrogens is 514 g/mol. The zero-order chi connectivity index (χ0) is 27.9. The molecule has 3 aromatic heterocycles. The Morgan fingerprint density at radius 3 is 2.83 bits per heavy atom. The lowest BCUT2D eigenvalue weighted by Crippen LogP contribution is -2.44. The van der Waals surface area contributed by atoms with Gasteiger partial charge in [-0.05, 0) is 60.6 Å². The number of rotatable bonds is 8. The summed E-state index contributed by atoms with van der Waals surface area (Å²) in [4.78, 5) is 21.1. The fourth-order valence-corrected chi connectivity index (χ4v) is 6.30. The van der Waals surface area contributed by atoms with Gasteiger partial charge in [-0.25, -0.2) is 13.8 Å². The van der Waals surface area contributed by atoms with Crippen molar-refractivity contribution in [2.45, 2.75) is 62.4 Å². The third kappa shape index (κ3) is 4.84. The van der Waals surface area contributed by atoms with Crippen LogP contribution in [0.1, 0.15) is 66.0 Å². The number of anilines is 1. The predicted molar refractivity (Wildman–Crippen MR) is 145 cm³/mol. The summed E-state index contributed by atoms with van der Waals surface area (Å²) >= 11 is 0. The number of alkyl halides is 2. The van der Waals surface area contributed by atoms with E-state index in [-0.39, 0.29) is 41.8 Å². The summed E-state index contributed by atoms with van der Waals surface area (Å²) in [5.74, 6) is -1.88. The highest BCUT2D eigenvalue weighted by Crippen LogP contribution is 2.53. The van der Waals surface area contributed by atoms with Crippen LogP contribution in [0.25, 0.3) is 11.0 Å². The lowest BCUT2D eigenvalue weighted by molar-refractivity contribution is 0.00687. The molecule has 0 unspecified atom stereocenters. The van der Waals surface area contributed by atoms with Crippen LogP contribution in [-0.4, -0.2) is 42.6 Å². The Kier molecular flexibility index (Phi) is 6.58. The van der Waals surface area contributed by atoms with Crippen LogP contribution in [0.3, 0.4) is 0 Å². The molecule has 0 saturated heterocycles. The molecule has 2 aliphatic carbocycles. The number of aromatic amines is 1. The van der Waals surface area contributed by atoms with Crippen molar-refractivity contribution in [3.05, 3.63) is 71.6 Å². The van der Waals surface area contributed by atoms with E-state index in [0.29, 0.717) is 30.6 Å². The quantitative estimate of drug-likeness (QED) is 0.292. The Morgan fingerprint density at radius 2 is 2.10 bits per heavy atom. The molecule has 3 heterocycles. The molecule has 2 fully saturated rings. The highest BCUT2D eigenvalue weighted by Gasteiger charge is 2.49. The van der Waals surface area contributed by atoms with Gasteiger partial charge >= 0.3 is 0 Å². The number of H-pyrrole nitrogens is 1. The van der Waals surface area contributed by atoms with Gasteiger partial charge in [0.2, 0.25) is 5.92 Å². The van der Waals surface area contributed by atoms with Gasteiger partial charge in [-0.3, -0.25) is 4.79 Å². The molecule has 2 saturated carbocycles. The summed E-state index contributed by atoms with van der Waals surface area (Å²) in [7, 11) is 1.91. The van der Waals surface area contributed by atoms with Gasteiger partial charge in [0.15, 0.2) is 0 Å². The standard InChI is InChI=1S/C29H30F2N8O/c1-39-17-35-38-27(39)28(13-18(14-28)6-9-32)20-3-2-4-21(12-20)36-26(40)24-11-19(25-23(37-24)7-10-33-25)16-34-22-5-8-29(30,31)15-22/h2-4,7,10-12,17-18,22,33-34H,5-6,8,13-16H2,1H3,(H,36,40)/t18?,22-,28?/m1/s1. The van der Waals surface area contributed by atoms with E-state index in [4.69, 9.17) is 0 Å². The van der Waals surface area contributed by atoms with Crippen molar-refractivity contribution >= 4 is 22.6 Å². The number of aromatic nitrogens is 5. The fourth-order valence-electron chi connectivity index (χ4n) is 6.30. The molecule has 2 aliphatic rings. The molecule has 1 aromatic carbocycles. The molecule has 3 N–H and O–H groups in total. The van der Waals surface area contributed by atoms with Crippen LogP contribution >= 0.6 is 0 Å². The molecule has 9 nitrogen and oxygen atoms in total. The second kappa shape index (κ2) is 10.1. The van der Waals surface area contributed by atoms with Crippen LogP contribution in [0, 0.1) is 17.2 Å². The van der Waals surface area contributed by atoms with Gasteiger partial charge in [0.25, 0.3) is 5.91 Å². The summed E-state index contributed by atoms with van der Waals surface area (Å²) in [5, 5.41) is 23.9. The van der Waals surface area contributed by atoms with Crippen LogP contribution in [0.5, 0.6) is 0 Å². The third-order valence-corrected chi connectivity index (χ3v) is 8.28. The van der Waals surface area contributed by atoms with Gasteiger partial charge < -0.3 is 20.2 Å². The van der Waals surface area contributed by atoms with Crippen molar-refractivity contribution in [1.82, 2.24) is 30.0 Å². The van der Waals surface area contributed by atoms with Crippen molar-refractivity contribution in [2.75, 3.05) is 5.32 Å². The van der Waals surface area contributed by atoms with Crippen LogP contribution in [-0.2, 0) is 19.0 Å². The topological polar surface area (TPSA) is 124 Å². The number of nitriles is 1. The number of hydrogen-bond donors (Lipinski definition) is 3. The number of carbonyl (C=O) groups excluding carboxylic acids is 1. The van der Waals surface area contributed by atoms with E-state index in [1.807, 2.05) is 35.9 Å². The maximum Gasteiger partial charge on any atom is 0.274 e. The van der Waals surface area contributed by atoms with Gasteiger partial charge in [-0.1, -0.05) is 12.1 Å². The number of halogens is 2. The Labute approximate surface area is 230 Å². The maximum atomic E-state index is 13.7. The van der Waals surface area contributed by atoms with Crippen LogP contribution in [0.15, 0.2) is 48.9 Å². The number of nitrogens with one attached hydrogen (secondary N) is 3. The van der Waals surface area contributed by atoms with Crippen molar-refractivity contribution in [2.24, 2.45) is 13.0 Å². The van der Waals surface area contributed by atoms with Gasteiger partial charge in [0.05, 0.1) is 22.5 Å². The Hall–Kier alpha value is -4.17. The molecule has 206 valence electrons. The number of pyridine rings is 1. The van der Waals surface area contributed by atoms with Crippen molar-refractivity contribution in [1.29, 1.82) is 5.26 Å². The van der Waals surface area contributed by atoms with Gasteiger partial charge in [-0.15, -0.1) is 10.2 Å². The van der Waals surface area contributed by atoms with E-state index in [2.05, 4.69) is 36.9 Å². The van der Waals surface area contributed by atoms with E-state index >= 15 is 0 Å². The van der Waals surface area contributed by atoms with Gasteiger partial charge in [0.1, 0.15) is 17.8 Å². The third-order valence-electron chi connectivity index (χ3n) is 8.28. The average Bonchev–Trinajstić information content (AvgIpc) is 3.64. The first kappa shape index (κ1) is 26.1. The first-order valence-corrected chi connectivity index (χ1v) is 13.5.